The normalized spacial score (nSPS) is 16.7. The van der Waals surface area contributed by atoms with E-state index in [4.69, 9.17) is 5.73 Å². The molecular weight excluding hydrogens is 268 g/mol. The zero-order valence-electron chi connectivity index (χ0n) is 9.70. The van der Waals surface area contributed by atoms with E-state index in [0.29, 0.717) is 17.7 Å². The molecule has 1 saturated carbocycles. The van der Waals surface area contributed by atoms with Gasteiger partial charge in [-0.2, -0.15) is 4.98 Å². The second-order valence-corrected chi connectivity index (χ2v) is 5.28. The fourth-order valence-electron chi connectivity index (χ4n) is 2.14. The van der Waals surface area contributed by atoms with Crippen LogP contribution in [0.25, 0.3) is 0 Å². The van der Waals surface area contributed by atoms with Gasteiger partial charge in [-0.05, 0) is 28.8 Å². The monoisotopic (exact) mass is 284 g/mol. The van der Waals surface area contributed by atoms with Gasteiger partial charge in [0.05, 0.1) is 10.2 Å². The third-order valence-corrected chi connectivity index (χ3v) is 3.85. The Morgan fingerprint density at radius 1 is 1.25 bits per heavy atom. The molecule has 1 aromatic rings. The summed E-state index contributed by atoms with van der Waals surface area (Å²) in [5.41, 5.74) is 6.98. The quantitative estimate of drug-likeness (QED) is 0.907. The highest BCUT2D eigenvalue weighted by Gasteiger charge is 2.23. The van der Waals surface area contributed by atoms with Gasteiger partial charge in [-0.3, -0.25) is 0 Å². The standard InChI is InChI=1S/C11H17BrN4/c1-16(2)11-14-9(7-5-3-4-6-7)8(12)10(13)15-11/h7H,3-6H2,1-2H3,(H2,13,14,15). The van der Waals surface area contributed by atoms with Crippen molar-refractivity contribution in [3.05, 3.63) is 10.2 Å². The second kappa shape index (κ2) is 4.57. The largest absolute Gasteiger partial charge is 0.383 e. The van der Waals surface area contributed by atoms with Gasteiger partial charge >= 0.3 is 0 Å². The van der Waals surface area contributed by atoms with E-state index in [0.717, 1.165) is 10.2 Å². The van der Waals surface area contributed by atoms with Crippen LogP contribution in [0.4, 0.5) is 11.8 Å². The predicted molar refractivity (Wildman–Crippen MR) is 69.7 cm³/mol. The van der Waals surface area contributed by atoms with Crippen molar-refractivity contribution >= 4 is 27.7 Å². The number of nitrogen functional groups attached to an aromatic ring is 1. The molecular formula is C11H17BrN4. The first-order chi connectivity index (χ1) is 7.59. The molecule has 0 aromatic carbocycles. The van der Waals surface area contributed by atoms with Crippen LogP contribution < -0.4 is 10.6 Å². The van der Waals surface area contributed by atoms with Crippen LogP contribution >= 0.6 is 15.9 Å². The molecule has 16 heavy (non-hydrogen) atoms. The number of anilines is 2. The fourth-order valence-corrected chi connectivity index (χ4v) is 2.64. The fraction of sp³-hybridized carbons (Fsp3) is 0.636. The minimum atomic E-state index is 0.540. The number of halogens is 1. The summed E-state index contributed by atoms with van der Waals surface area (Å²) in [4.78, 5) is 10.7. The van der Waals surface area contributed by atoms with Crippen LogP contribution in [0.5, 0.6) is 0 Å². The van der Waals surface area contributed by atoms with E-state index in [2.05, 4.69) is 25.9 Å². The van der Waals surface area contributed by atoms with Gasteiger partial charge in [0.1, 0.15) is 5.82 Å². The highest BCUT2D eigenvalue weighted by atomic mass is 79.9. The predicted octanol–water partition coefficient (Wildman–Crippen LogP) is 2.54. The summed E-state index contributed by atoms with van der Waals surface area (Å²) in [6, 6.07) is 0. The molecule has 88 valence electrons. The number of nitrogens with two attached hydrogens (primary N) is 1. The van der Waals surface area contributed by atoms with Crippen molar-refractivity contribution in [1.29, 1.82) is 0 Å². The molecule has 2 rings (SSSR count). The van der Waals surface area contributed by atoms with Crippen molar-refractivity contribution in [2.45, 2.75) is 31.6 Å². The van der Waals surface area contributed by atoms with Gasteiger partial charge in [-0.25, -0.2) is 4.98 Å². The molecule has 0 bridgehead atoms. The highest BCUT2D eigenvalue weighted by Crippen LogP contribution is 2.38. The van der Waals surface area contributed by atoms with E-state index in [1.807, 2.05) is 19.0 Å². The number of hydrogen-bond donors (Lipinski definition) is 1. The van der Waals surface area contributed by atoms with Crippen LogP contribution in [0.2, 0.25) is 0 Å². The van der Waals surface area contributed by atoms with Crippen LogP contribution in [-0.4, -0.2) is 24.1 Å². The molecule has 0 amide bonds. The summed E-state index contributed by atoms with van der Waals surface area (Å²) < 4.78 is 0.880. The van der Waals surface area contributed by atoms with Crippen molar-refractivity contribution in [3.8, 4) is 0 Å². The van der Waals surface area contributed by atoms with Crippen LogP contribution in [0, 0.1) is 0 Å². The molecule has 0 radical (unpaired) electrons. The van der Waals surface area contributed by atoms with E-state index in [1.165, 1.54) is 25.7 Å². The Balaban J connectivity index is 2.41. The Hall–Kier alpha value is -0.840. The Kier molecular flexibility index (Phi) is 3.33. The molecule has 0 aliphatic heterocycles. The maximum absolute atomic E-state index is 5.90. The lowest BCUT2D eigenvalue weighted by Crippen LogP contribution is -2.16. The van der Waals surface area contributed by atoms with Gasteiger partial charge in [-0.1, -0.05) is 12.8 Å². The van der Waals surface area contributed by atoms with E-state index in [-0.39, 0.29) is 0 Å². The molecule has 1 aromatic heterocycles. The average molecular weight is 285 g/mol. The summed E-state index contributed by atoms with van der Waals surface area (Å²) in [5.74, 6) is 1.78. The van der Waals surface area contributed by atoms with Gasteiger partial charge in [-0.15, -0.1) is 0 Å². The Morgan fingerprint density at radius 3 is 2.44 bits per heavy atom. The molecule has 0 unspecified atom stereocenters. The van der Waals surface area contributed by atoms with Gasteiger partial charge in [0, 0.05) is 20.0 Å². The molecule has 2 N–H and O–H groups in total. The van der Waals surface area contributed by atoms with E-state index < -0.39 is 0 Å². The first-order valence-electron chi connectivity index (χ1n) is 5.60. The first-order valence-corrected chi connectivity index (χ1v) is 6.39. The third kappa shape index (κ3) is 2.14. The maximum atomic E-state index is 5.90. The van der Waals surface area contributed by atoms with Gasteiger partial charge in [0.25, 0.3) is 0 Å². The average Bonchev–Trinajstić information content (AvgIpc) is 2.74. The summed E-state index contributed by atoms with van der Waals surface area (Å²) in [7, 11) is 3.86. The lowest BCUT2D eigenvalue weighted by atomic mass is 10.0. The minimum Gasteiger partial charge on any atom is -0.383 e. The molecule has 0 saturated heterocycles. The summed E-state index contributed by atoms with van der Waals surface area (Å²) in [6.45, 7) is 0. The van der Waals surface area contributed by atoms with Crippen LogP contribution in [0.15, 0.2) is 4.47 Å². The molecule has 1 heterocycles. The molecule has 5 heteroatoms. The molecule has 1 fully saturated rings. The van der Waals surface area contributed by atoms with Gasteiger partial charge < -0.3 is 10.6 Å². The molecule has 0 spiro atoms. The SMILES string of the molecule is CN(C)c1nc(N)c(Br)c(C2CCCC2)n1. The smallest absolute Gasteiger partial charge is 0.227 e. The van der Waals surface area contributed by atoms with Gasteiger partial charge in [0.2, 0.25) is 5.95 Å². The summed E-state index contributed by atoms with van der Waals surface area (Å²) >= 11 is 3.50. The van der Waals surface area contributed by atoms with Crippen LogP contribution in [0.1, 0.15) is 37.3 Å². The number of aromatic nitrogens is 2. The third-order valence-electron chi connectivity index (χ3n) is 3.03. The molecule has 4 nitrogen and oxygen atoms in total. The number of hydrogen-bond acceptors (Lipinski definition) is 4. The first kappa shape index (κ1) is 11.6. The summed E-state index contributed by atoms with van der Waals surface area (Å²) in [5, 5.41) is 0. The maximum Gasteiger partial charge on any atom is 0.227 e. The second-order valence-electron chi connectivity index (χ2n) is 4.48. The molecule has 1 aliphatic rings. The van der Waals surface area contributed by atoms with Crippen LogP contribution in [0.3, 0.4) is 0 Å². The number of nitrogens with zero attached hydrogens (tertiary/aromatic N) is 3. The van der Waals surface area contributed by atoms with Crippen molar-refractivity contribution in [3.63, 3.8) is 0 Å². The molecule has 1 aliphatic carbocycles. The lowest BCUT2D eigenvalue weighted by molar-refractivity contribution is 0.689. The van der Waals surface area contributed by atoms with E-state index >= 15 is 0 Å². The lowest BCUT2D eigenvalue weighted by Gasteiger charge is -2.17. The van der Waals surface area contributed by atoms with Crippen molar-refractivity contribution in [2.75, 3.05) is 24.7 Å². The highest BCUT2D eigenvalue weighted by molar-refractivity contribution is 9.10. The number of rotatable bonds is 2. The topological polar surface area (TPSA) is 55.0 Å². The van der Waals surface area contributed by atoms with Crippen LogP contribution in [-0.2, 0) is 0 Å². The Bertz CT molecular complexity index is 386. The Labute approximate surface area is 104 Å². The van der Waals surface area contributed by atoms with Crippen molar-refractivity contribution in [1.82, 2.24) is 9.97 Å². The van der Waals surface area contributed by atoms with E-state index in [1.54, 1.807) is 0 Å². The molecule has 0 atom stereocenters. The van der Waals surface area contributed by atoms with E-state index in [9.17, 15) is 0 Å². The zero-order valence-corrected chi connectivity index (χ0v) is 11.3. The van der Waals surface area contributed by atoms with Crippen molar-refractivity contribution < 1.29 is 0 Å². The van der Waals surface area contributed by atoms with Crippen molar-refractivity contribution in [2.24, 2.45) is 0 Å². The summed E-state index contributed by atoms with van der Waals surface area (Å²) in [6.07, 6.45) is 5.00. The zero-order chi connectivity index (χ0) is 11.7. The Morgan fingerprint density at radius 2 is 1.88 bits per heavy atom. The minimum absolute atomic E-state index is 0.540. The van der Waals surface area contributed by atoms with Gasteiger partial charge in [0.15, 0.2) is 0 Å².